The maximum Gasteiger partial charge on any atom is 0.230 e. The summed E-state index contributed by atoms with van der Waals surface area (Å²) in [7, 11) is 0. The minimum Gasteiger partial charge on any atom is -0.351 e. The number of fused-ring (bicyclic) bond motifs is 1. The molecule has 5 heteroatoms. The Morgan fingerprint density at radius 3 is 2.59 bits per heavy atom. The van der Waals surface area contributed by atoms with E-state index in [1.54, 1.807) is 18.0 Å². The van der Waals surface area contributed by atoms with Gasteiger partial charge < -0.3 is 5.32 Å². The van der Waals surface area contributed by atoms with E-state index in [-0.39, 0.29) is 5.91 Å². The van der Waals surface area contributed by atoms with E-state index in [1.807, 2.05) is 53.3 Å². The van der Waals surface area contributed by atoms with Gasteiger partial charge in [0.25, 0.3) is 0 Å². The second-order valence-corrected chi connectivity index (χ2v) is 7.25. The van der Waals surface area contributed by atoms with Crippen molar-refractivity contribution in [2.45, 2.75) is 11.4 Å². The lowest BCUT2D eigenvalue weighted by atomic mass is 10.1. The highest BCUT2D eigenvalue weighted by molar-refractivity contribution is 8.00. The van der Waals surface area contributed by atoms with Crippen LogP contribution in [0.1, 0.15) is 5.56 Å². The lowest BCUT2D eigenvalue weighted by Crippen LogP contribution is -2.24. The van der Waals surface area contributed by atoms with Gasteiger partial charge >= 0.3 is 0 Å². The Hall–Kier alpha value is -3.05. The number of thioether (sulfide) groups is 1. The van der Waals surface area contributed by atoms with Crippen molar-refractivity contribution in [2.24, 2.45) is 0 Å². The lowest BCUT2D eigenvalue weighted by molar-refractivity contribution is -0.118. The Bertz CT molecular complexity index is 1060. The number of hydrogen-bond acceptors (Lipinski definition) is 3. The number of amides is 1. The summed E-state index contributed by atoms with van der Waals surface area (Å²) in [6.07, 6.45) is 3.72. The molecule has 0 aliphatic carbocycles. The third-order valence-corrected chi connectivity index (χ3v) is 5.23. The van der Waals surface area contributed by atoms with E-state index in [0.29, 0.717) is 12.3 Å². The van der Waals surface area contributed by atoms with Crippen molar-refractivity contribution >= 4 is 28.4 Å². The van der Waals surface area contributed by atoms with Crippen LogP contribution in [-0.2, 0) is 11.3 Å². The standard InChI is InChI=1S/C22H19N3OS/c26-22(16-27-21-11-10-18-6-4-5-7-19(18)12-21)23-13-17-14-24-25(15-17)20-8-2-1-3-9-20/h1-12,14-15H,13,16H2,(H,23,26). The molecule has 3 aromatic carbocycles. The number of aromatic nitrogens is 2. The van der Waals surface area contributed by atoms with Crippen LogP contribution in [0.2, 0.25) is 0 Å². The Morgan fingerprint density at radius 2 is 1.74 bits per heavy atom. The second-order valence-electron chi connectivity index (χ2n) is 6.20. The van der Waals surface area contributed by atoms with E-state index in [2.05, 4.69) is 40.7 Å². The van der Waals surface area contributed by atoms with Crippen molar-refractivity contribution in [3.8, 4) is 5.69 Å². The molecule has 4 aromatic rings. The number of hydrogen-bond donors (Lipinski definition) is 1. The average molecular weight is 373 g/mol. The molecule has 134 valence electrons. The van der Waals surface area contributed by atoms with Crippen molar-refractivity contribution in [2.75, 3.05) is 5.75 Å². The number of carbonyl (C=O) groups is 1. The zero-order valence-corrected chi connectivity index (χ0v) is 15.5. The molecular formula is C22H19N3OS. The molecule has 0 fully saturated rings. The molecule has 0 radical (unpaired) electrons. The monoisotopic (exact) mass is 373 g/mol. The van der Waals surface area contributed by atoms with E-state index in [4.69, 9.17) is 0 Å². The topological polar surface area (TPSA) is 46.9 Å². The van der Waals surface area contributed by atoms with Gasteiger partial charge in [0.1, 0.15) is 0 Å². The van der Waals surface area contributed by atoms with Crippen LogP contribution >= 0.6 is 11.8 Å². The summed E-state index contributed by atoms with van der Waals surface area (Å²) >= 11 is 1.55. The van der Waals surface area contributed by atoms with Gasteiger partial charge in [0.05, 0.1) is 17.6 Å². The van der Waals surface area contributed by atoms with Crippen LogP contribution in [0.4, 0.5) is 0 Å². The predicted octanol–water partition coefficient (Wildman–Crippen LogP) is 4.43. The van der Waals surface area contributed by atoms with Gasteiger partial charge in [0.15, 0.2) is 0 Å². The zero-order valence-electron chi connectivity index (χ0n) is 14.7. The number of rotatable bonds is 6. The van der Waals surface area contributed by atoms with Crippen LogP contribution in [0.25, 0.3) is 16.5 Å². The molecule has 4 nitrogen and oxygen atoms in total. The van der Waals surface area contributed by atoms with Crippen molar-refractivity contribution in [1.82, 2.24) is 15.1 Å². The quantitative estimate of drug-likeness (QED) is 0.509. The molecule has 1 N–H and O–H groups in total. The number of nitrogens with one attached hydrogen (secondary N) is 1. The van der Waals surface area contributed by atoms with Crippen molar-refractivity contribution in [3.05, 3.63) is 90.8 Å². The van der Waals surface area contributed by atoms with Gasteiger partial charge in [0, 0.05) is 23.2 Å². The van der Waals surface area contributed by atoms with Gasteiger partial charge in [-0.3, -0.25) is 4.79 Å². The molecule has 0 aliphatic heterocycles. The van der Waals surface area contributed by atoms with E-state index in [9.17, 15) is 4.79 Å². The van der Waals surface area contributed by atoms with Crippen LogP contribution in [0.15, 0.2) is 90.1 Å². The third kappa shape index (κ3) is 4.38. The first-order chi connectivity index (χ1) is 13.3. The first-order valence-corrected chi connectivity index (χ1v) is 9.74. The molecule has 0 spiro atoms. The van der Waals surface area contributed by atoms with E-state index in [0.717, 1.165) is 16.1 Å². The highest BCUT2D eigenvalue weighted by atomic mass is 32.2. The smallest absolute Gasteiger partial charge is 0.230 e. The molecule has 1 heterocycles. The molecule has 0 unspecified atom stereocenters. The molecule has 0 atom stereocenters. The fourth-order valence-electron chi connectivity index (χ4n) is 2.83. The summed E-state index contributed by atoms with van der Waals surface area (Å²) in [6.45, 7) is 0.476. The molecule has 1 aromatic heterocycles. The second kappa shape index (κ2) is 8.10. The maximum absolute atomic E-state index is 12.2. The summed E-state index contributed by atoms with van der Waals surface area (Å²) in [5.41, 5.74) is 1.98. The Morgan fingerprint density at radius 1 is 0.963 bits per heavy atom. The third-order valence-electron chi connectivity index (χ3n) is 4.24. The molecule has 0 bridgehead atoms. The van der Waals surface area contributed by atoms with Crippen molar-refractivity contribution in [3.63, 3.8) is 0 Å². The molecule has 4 rings (SSSR count). The average Bonchev–Trinajstić information content (AvgIpc) is 3.20. The maximum atomic E-state index is 12.2. The van der Waals surface area contributed by atoms with Gasteiger partial charge in [-0.25, -0.2) is 4.68 Å². The van der Waals surface area contributed by atoms with Gasteiger partial charge in [0.2, 0.25) is 5.91 Å². The summed E-state index contributed by atoms with van der Waals surface area (Å²) in [6, 6.07) is 24.4. The molecule has 27 heavy (non-hydrogen) atoms. The highest BCUT2D eigenvalue weighted by Crippen LogP contribution is 2.23. The highest BCUT2D eigenvalue weighted by Gasteiger charge is 2.06. The minimum atomic E-state index is 0.0145. The van der Waals surface area contributed by atoms with Crippen molar-refractivity contribution < 1.29 is 4.79 Å². The summed E-state index contributed by atoms with van der Waals surface area (Å²) in [5, 5.41) is 9.71. The number of nitrogens with zero attached hydrogens (tertiary/aromatic N) is 2. The van der Waals surface area contributed by atoms with Crippen LogP contribution in [0.3, 0.4) is 0 Å². The first-order valence-electron chi connectivity index (χ1n) is 8.75. The van der Waals surface area contributed by atoms with Gasteiger partial charge in [-0.15, -0.1) is 11.8 Å². The van der Waals surface area contributed by atoms with Crippen LogP contribution in [0, 0.1) is 0 Å². The lowest BCUT2D eigenvalue weighted by Gasteiger charge is -2.05. The minimum absolute atomic E-state index is 0.0145. The Labute approximate surface area is 162 Å². The zero-order chi connectivity index (χ0) is 18.5. The first kappa shape index (κ1) is 17.4. The normalized spacial score (nSPS) is 10.8. The Kier molecular flexibility index (Phi) is 5.21. The van der Waals surface area contributed by atoms with Crippen molar-refractivity contribution in [1.29, 1.82) is 0 Å². The molecule has 1 amide bonds. The molecule has 0 saturated carbocycles. The SMILES string of the molecule is O=C(CSc1ccc2ccccc2c1)NCc1cnn(-c2ccccc2)c1. The largest absolute Gasteiger partial charge is 0.351 e. The number of benzene rings is 3. The van der Waals surface area contributed by atoms with Crippen LogP contribution in [0.5, 0.6) is 0 Å². The fraction of sp³-hybridized carbons (Fsp3) is 0.0909. The van der Waals surface area contributed by atoms with Crippen LogP contribution < -0.4 is 5.32 Å². The van der Waals surface area contributed by atoms with Gasteiger partial charge in [-0.2, -0.15) is 5.10 Å². The Balaban J connectivity index is 1.30. The van der Waals surface area contributed by atoms with E-state index in [1.165, 1.54) is 10.8 Å². The van der Waals surface area contributed by atoms with Gasteiger partial charge in [-0.05, 0) is 35.0 Å². The number of para-hydroxylation sites is 1. The van der Waals surface area contributed by atoms with Gasteiger partial charge in [-0.1, -0.05) is 48.5 Å². The van der Waals surface area contributed by atoms with E-state index >= 15 is 0 Å². The molecular weight excluding hydrogens is 354 g/mol. The molecule has 0 saturated heterocycles. The summed E-state index contributed by atoms with van der Waals surface area (Å²) < 4.78 is 1.81. The predicted molar refractivity (Wildman–Crippen MR) is 110 cm³/mol. The molecule has 0 aliphatic rings. The van der Waals surface area contributed by atoms with E-state index < -0.39 is 0 Å². The summed E-state index contributed by atoms with van der Waals surface area (Å²) in [4.78, 5) is 13.3. The van der Waals surface area contributed by atoms with Crippen LogP contribution in [-0.4, -0.2) is 21.4 Å². The fourth-order valence-corrected chi connectivity index (χ4v) is 3.61. The number of carbonyl (C=O) groups excluding carboxylic acids is 1. The summed E-state index contributed by atoms with van der Waals surface area (Å²) in [5.74, 6) is 0.408.